The molecule has 2 aromatic rings. The number of rotatable bonds is 9. The van der Waals surface area contributed by atoms with Crippen LogP contribution < -0.4 is 16.4 Å². The maximum Gasteiger partial charge on any atom is 0.410 e. The number of nitrogens with two attached hydrogens (primary N) is 1. The van der Waals surface area contributed by atoms with Crippen molar-refractivity contribution in [1.29, 1.82) is 0 Å². The van der Waals surface area contributed by atoms with Gasteiger partial charge in [0.1, 0.15) is 23.7 Å². The molecule has 0 spiro atoms. The second kappa shape index (κ2) is 13.0. The normalized spacial score (nSPS) is 18.3. The number of nitrogens with zero attached hydrogens (tertiary/aromatic N) is 2. The molecular weight excluding hydrogens is 530 g/mol. The van der Waals surface area contributed by atoms with Crippen molar-refractivity contribution in [1.82, 2.24) is 20.4 Å². The third-order valence-electron chi connectivity index (χ3n) is 6.88. The largest absolute Gasteiger partial charge is 0.480 e. The average molecular weight is 570 g/mol. The van der Waals surface area contributed by atoms with Crippen molar-refractivity contribution in [2.75, 3.05) is 20.1 Å². The third kappa shape index (κ3) is 8.40. The number of hydrogen-bond donors (Lipinski definition) is 4. The van der Waals surface area contributed by atoms with Crippen LogP contribution in [0.25, 0.3) is 10.8 Å². The fourth-order valence-corrected chi connectivity index (χ4v) is 4.54. The molecule has 2 aromatic carbocycles. The molecular formula is C29H39N5O7. The highest BCUT2D eigenvalue weighted by Gasteiger charge is 2.39. The van der Waals surface area contributed by atoms with E-state index in [1.807, 2.05) is 42.5 Å². The molecule has 0 unspecified atom stereocenters. The second-order valence-electron chi connectivity index (χ2n) is 11.3. The topological polar surface area (TPSA) is 171 Å². The molecule has 3 rings (SSSR count). The molecule has 4 atom stereocenters. The van der Waals surface area contributed by atoms with Crippen molar-refractivity contribution < 1.29 is 33.8 Å². The maximum absolute atomic E-state index is 13.2. The molecule has 0 bridgehead atoms. The predicted octanol–water partition coefficient (Wildman–Crippen LogP) is 1.25. The summed E-state index contributed by atoms with van der Waals surface area (Å²) in [5, 5.41) is 16.8. The number of fused-ring (bicyclic) bond motifs is 1. The lowest BCUT2D eigenvalue weighted by Gasteiger charge is -2.28. The summed E-state index contributed by atoms with van der Waals surface area (Å²) in [4.78, 5) is 65.5. The van der Waals surface area contributed by atoms with Crippen molar-refractivity contribution in [3.63, 3.8) is 0 Å². The summed E-state index contributed by atoms with van der Waals surface area (Å²) in [6.07, 6.45) is -0.492. The second-order valence-corrected chi connectivity index (χ2v) is 11.3. The molecule has 1 saturated heterocycles. The van der Waals surface area contributed by atoms with Gasteiger partial charge in [0.2, 0.25) is 17.7 Å². The number of likely N-dealkylation sites (tertiary alicyclic amines) is 1. The van der Waals surface area contributed by atoms with Gasteiger partial charge in [0.25, 0.3) is 0 Å². The molecule has 5 N–H and O–H groups in total. The Morgan fingerprint density at radius 2 is 1.78 bits per heavy atom. The quantitative estimate of drug-likeness (QED) is 0.349. The Morgan fingerprint density at radius 3 is 2.41 bits per heavy atom. The lowest BCUT2D eigenvalue weighted by atomic mass is 10.0. The van der Waals surface area contributed by atoms with E-state index >= 15 is 0 Å². The van der Waals surface area contributed by atoms with Gasteiger partial charge >= 0.3 is 12.1 Å². The van der Waals surface area contributed by atoms with Gasteiger partial charge in [-0.25, -0.2) is 9.59 Å². The first-order valence-corrected chi connectivity index (χ1v) is 13.5. The van der Waals surface area contributed by atoms with E-state index < -0.39 is 66.1 Å². The number of nitrogens with one attached hydrogen (secondary N) is 2. The molecule has 12 heteroatoms. The number of carboxylic acid groups (broad SMARTS) is 1. The van der Waals surface area contributed by atoms with E-state index in [2.05, 4.69) is 10.6 Å². The molecule has 0 aromatic heterocycles. The van der Waals surface area contributed by atoms with Crippen LogP contribution in [-0.4, -0.2) is 94.6 Å². The minimum atomic E-state index is -1.22. The van der Waals surface area contributed by atoms with Gasteiger partial charge in [-0.2, -0.15) is 0 Å². The van der Waals surface area contributed by atoms with Gasteiger partial charge in [-0.05, 0) is 50.5 Å². The fourth-order valence-electron chi connectivity index (χ4n) is 4.54. The van der Waals surface area contributed by atoms with Gasteiger partial charge in [-0.15, -0.1) is 0 Å². The Morgan fingerprint density at radius 1 is 1.12 bits per heavy atom. The summed E-state index contributed by atoms with van der Waals surface area (Å²) in [6, 6.07) is 9.63. The molecule has 12 nitrogen and oxygen atoms in total. The maximum atomic E-state index is 13.2. The molecule has 0 saturated carbocycles. The number of hydrogen-bond acceptors (Lipinski definition) is 7. The zero-order valence-electron chi connectivity index (χ0n) is 24.0. The Kier molecular flexibility index (Phi) is 9.92. The van der Waals surface area contributed by atoms with Gasteiger partial charge < -0.3 is 31.1 Å². The number of aliphatic carboxylic acids is 1. The fraction of sp³-hybridized carbons (Fsp3) is 0.483. The highest BCUT2D eigenvalue weighted by Crippen LogP contribution is 2.19. The number of ether oxygens (including phenoxy) is 1. The number of likely N-dealkylation sites (N-methyl/N-ethyl adjacent to an activating group) is 1. The Hall–Kier alpha value is -4.19. The molecule has 222 valence electrons. The van der Waals surface area contributed by atoms with Gasteiger partial charge in [0.15, 0.2) is 0 Å². The monoisotopic (exact) mass is 569 g/mol. The number of carboxylic acids is 1. The first kappa shape index (κ1) is 31.3. The summed E-state index contributed by atoms with van der Waals surface area (Å²) in [6.45, 7) is 6.25. The van der Waals surface area contributed by atoms with Crippen LogP contribution in [0.5, 0.6) is 0 Å². The van der Waals surface area contributed by atoms with E-state index in [1.165, 1.54) is 18.9 Å². The van der Waals surface area contributed by atoms with E-state index in [1.54, 1.807) is 20.8 Å². The van der Waals surface area contributed by atoms with Crippen LogP contribution in [0.1, 0.15) is 39.7 Å². The number of carbonyl (C=O) groups is 5. The van der Waals surface area contributed by atoms with Crippen molar-refractivity contribution in [2.45, 2.75) is 70.3 Å². The molecule has 0 radical (unpaired) electrons. The Labute approximate surface area is 239 Å². The van der Waals surface area contributed by atoms with Crippen LogP contribution in [0.3, 0.4) is 0 Å². The van der Waals surface area contributed by atoms with E-state index in [4.69, 9.17) is 10.5 Å². The highest BCUT2D eigenvalue weighted by molar-refractivity contribution is 5.93. The average Bonchev–Trinajstić information content (AvgIpc) is 3.31. The van der Waals surface area contributed by atoms with E-state index in [0.717, 1.165) is 21.2 Å². The minimum absolute atomic E-state index is 0.0533. The van der Waals surface area contributed by atoms with Gasteiger partial charge in [0.05, 0.1) is 6.54 Å². The molecule has 1 heterocycles. The number of carbonyl (C=O) groups excluding carboxylic acids is 4. The molecule has 0 aliphatic carbocycles. The lowest BCUT2D eigenvalue weighted by molar-refractivity contribution is -0.144. The smallest absolute Gasteiger partial charge is 0.410 e. The van der Waals surface area contributed by atoms with Crippen molar-refractivity contribution in [3.05, 3.63) is 48.0 Å². The van der Waals surface area contributed by atoms with Crippen molar-refractivity contribution >= 4 is 40.6 Å². The first-order chi connectivity index (χ1) is 19.2. The molecule has 41 heavy (non-hydrogen) atoms. The molecule has 1 aliphatic rings. The summed E-state index contributed by atoms with van der Waals surface area (Å²) < 4.78 is 5.27. The zero-order chi connectivity index (χ0) is 30.5. The van der Waals surface area contributed by atoms with Gasteiger partial charge in [0, 0.05) is 26.1 Å². The van der Waals surface area contributed by atoms with Crippen LogP contribution in [0.15, 0.2) is 42.5 Å². The lowest BCUT2D eigenvalue weighted by Crippen LogP contribution is -2.54. The number of benzene rings is 2. The molecule has 1 fully saturated rings. The third-order valence-corrected chi connectivity index (χ3v) is 6.88. The van der Waals surface area contributed by atoms with Crippen LogP contribution in [0, 0.1) is 0 Å². The Bertz CT molecular complexity index is 1310. The SMILES string of the molecule is C[C@@H](C(=O)NCC(=O)N1C[C@@H](N)C[C@H]1C(=O)N[C@@H](Cc1ccc2ccccc2c1)C(=O)O)N(C)C(=O)OC(C)(C)C. The van der Waals surface area contributed by atoms with Crippen molar-refractivity contribution in [3.8, 4) is 0 Å². The van der Waals surface area contributed by atoms with Crippen LogP contribution in [0.2, 0.25) is 0 Å². The van der Waals surface area contributed by atoms with Crippen molar-refractivity contribution in [2.24, 2.45) is 5.73 Å². The first-order valence-electron chi connectivity index (χ1n) is 13.5. The predicted molar refractivity (Wildman–Crippen MR) is 152 cm³/mol. The summed E-state index contributed by atoms with van der Waals surface area (Å²) in [5.41, 5.74) is 6.05. The van der Waals surface area contributed by atoms with Crippen LogP contribution in [-0.2, 0) is 30.3 Å². The van der Waals surface area contributed by atoms with Crippen LogP contribution in [0.4, 0.5) is 4.79 Å². The molecule has 4 amide bonds. The summed E-state index contributed by atoms with van der Waals surface area (Å²) >= 11 is 0. The minimum Gasteiger partial charge on any atom is -0.480 e. The van der Waals surface area contributed by atoms with E-state index in [-0.39, 0.29) is 19.4 Å². The van der Waals surface area contributed by atoms with Gasteiger partial charge in [-0.3, -0.25) is 19.3 Å². The van der Waals surface area contributed by atoms with E-state index in [9.17, 15) is 29.1 Å². The van der Waals surface area contributed by atoms with E-state index in [0.29, 0.717) is 0 Å². The van der Waals surface area contributed by atoms with Crippen LogP contribution >= 0.6 is 0 Å². The summed E-state index contributed by atoms with van der Waals surface area (Å²) in [5.74, 6) is -2.98. The highest BCUT2D eigenvalue weighted by atomic mass is 16.6. The standard InChI is InChI=1S/C29H39N5O7/c1-17(33(5)28(40)41-29(2,3)4)25(36)31-15-24(35)34-16-21(30)14-23(34)26(37)32-22(27(38)39)13-18-10-11-19-8-6-7-9-20(19)12-18/h6-12,17,21-23H,13-16,30H2,1-5H3,(H,31,36)(H,32,37)(H,38,39)/t17-,21-,22-,23-/m0/s1. The van der Waals surface area contributed by atoms with Gasteiger partial charge in [-0.1, -0.05) is 42.5 Å². The number of amides is 4. The summed E-state index contributed by atoms with van der Waals surface area (Å²) in [7, 11) is 1.41. The zero-order valence-corrected chi connectivity index (χ0v) is 24.0. The molecule has 1 aliphatic heterocycles. The Balaban J connectivity index is 1.61.